The summed E-state index contributed by atoms with van der Waals surface area (Å²) in [6.07, 6.45) is 0. The molecule has 0 heterocycles. The first-order valence-electron chi connectivity index (χ1n) is 3.40. The maximum atomic E-state index is 2.12. The fourth-order valence-corrected chi connectivity index (χ4v) is 1.13. The molecule has 0 radical (unpaired) electrons. The molecule has 0 aliphatic rings. The maximum Gasteiger partial charge on any atom is -0.0184 e. The molecule has 0 unspecified atom stereocenters. The first-order valence-corrected chi connectivity index (χ1v) is 3.40. The number of fused-ring (bicyclic) bond motifs is 1. The van der Waals surface area contributed by atoms with Gasteiger partial charge in [-0.05, 0) is 10.8 Å². The Morgan fingerprint density at radius 3 is 1.09 bits per heavy atom. The van der Waals surface area contributed by atoms with Crippen molar-refractivity contribution in [1.29, 1.82) is 0 Å². The standard InChI is InChI=1S/C10H8.K.H/c1-2-6-10-8-4-3-7-9(10)5-1;;/h1-8H;;. The third-order valence-electron chi connectivity index (χ3n) is 1.66. The maximum absolute atomic E-state index is 2.12. The molecular weight excluding hydrogens is 159 g/mol. The van der Waals surface area contributed by atoms with Crippen molar-refractivity contribution in [1.82, 2.24) is 0 Å². The van der Waals surface area contributed by atoms with Gasteiger partial charge in [0.15, 0.2) is 0 Å². The van der Waals surface area contributed by atoms with Crippen LogP contribution >= 0.6 is 0 Å². The zero-order valence-electron chi connectivity index (χ0n) is 5.62. The van der Waals surface area contributed by atoms with Crippen LogP contribution in [0.3, 0.4) is 0 Å². The summed E-state index contributed by atoms with van der Waals surface area (Å²) in [6, 6.07) is 16.7. The van der Waals surface area contributed by atoms with E-state index in [1.807, 2.05) is 0 Å². The summed E-state index contributed by atoms with van der Waals surface area (Å²) >= 11 is 0. The van der Waals surface area contributed by atoms with Crippen molar-refractivity contribution < 1.29 is 0 Å². The zero-order chi connectivity index (χ0) is 6.81. The summed E-state index contributed by atoms with van der Waals surface area (Å²) in [5.74, 6) is 0. The summed E-state index contributed by atoms with van der Waals surface area (Å²) in [7, 11) is 0. The van der Waals surface area contributed by atoms with Crippen LogP contribution in [0, 0.1) is 0 Å². The van der Waals surface area contributed by atoms with Gasteiger partial charge in [-0.15, -0.1) is 0 Å². The Morgan fingerprint density at radius 2 is 0.818 bits per heavy atom. The minimum atomic E-state index is 0. The second-order valence-electron chi connectivity index (χ2n) is 2.35. The Bertz CT molecular complexity index is 276. The second-order valence-corrected chi connectivity index (χ2v) is 2.35. The first kappa shape index (κ1) is 9.42. The minimum absolute atomic E-state index is 0. The van der Waals surface area contributed by atoms with Crippen molar-refractivity contribution in [2.45, 2.75) is 0 Å². The van der Waals surface area contributed by atoms with Crippen molar-refractivity contribution in [3.8, 4) is 0 Å². The van der Waals surface area contributed by atoms with Crippen LogP contribution in [0.1, 0.15) is 0 Å². The van der Waals surface area contributed by atoms with Crippen LogP contribution in [-0.2, 0) is 0 Å². The molecule has 0 aromatic heterocycles. The second kappa shape index (κ2) is 4.38. The minimum Gasteiger partial charge on any atom is -0.0616 e. The molecule has 0 saturated carbocycles. The van der Waals surface area contributed by atoms with Gasteiger partial charge in [-0.25, -0.2) is 0 Å². The summed E-state index contributed by atoms with van der Waals surface area (Å²) in [6.45, 7) is 0. The Morgan fingerprint density at radius 1 is 0.545 bits per heavy atom. The van der Waals surface area contributed by atoms with Crippen molar-refractivity contribution in [2.24, 2.45) is 0 Å². The number of hydrogen-bond donors (Lipinski definition) is 0. The van der Waals surface area contributed by atoms with Crippen LogP contribution in [0.4, 0.5) is 0 Å². The fraction of sp³-hybridized carbons (Fsp3) is 0. The summed E-state index contributed by atoms with van der Waals surface area (Å²) in [4.78, 5) is 0. The van der Waals surface area contributed by atoms with Crippen LogP contribution in [-0.4, -0.2) is 51.4 Å². The van der Waals surface area contributed by atoms with E-state index in [1.54, 1.807) is 0 Å². The Kier molecular flexibility index (Phi) is 3.76. The molecule has 0 nitrogen and oxygen atoms in total. The molecule has 2 rings (SSSR count). The summed E-state index contributed by atoms with van der Waals surface area (Å²) < 4.78 is 0. The predicted molar refractivity (Wildman–Crippen MR) is 51.1 cm³/mol. The fourth-order valence-electron chi connectivity index (χ4n) is 1.13. The molecule has 0 atom stereocenters. The van der Waals surface area contributed by atoms with Gasteiger partial charge in [0.05, 0.1) is 0 Å². The monoisotopic (exact) mass is 168 g/mol. The van der Waals surface area contributed by atoms with Gasteiger partial charge in [-0.3, -0.25) is 0 Å². The van der Waals surface area contributed by atoms with Crippen LogP contribution < -0.4 is 0 Å². The Balaban J connectivity index is 0.000000605. The van der Waals surface area contributed by atoms with Crippen molar-refractivity contribution in [2.75, 3.05) is 0 Å². The van der Waals surface area contributed by atoms with Crippen molar-refractivity contribution >= 4 is 62.2 Å². The molecule has 0 aliphatic carbocycles. The number of rotatable bonds is 0. The topological polar surface area (TPSA) is 0 Å². The van der Waals surface area contributed by atoms with E-state index in [-0.39, 0.29) is 51.4 Å². The molecule has 0 aliphatic heterocycles. The van der Waals surface area contributed by atoms with Gasteiger partial charge >= 0.3 is 51.4 Å². The van der Waals surface area contributed by atoms with Crippen LogP contribution in [0.25, 0.3) is 10.8 Å². The molecular formula is C10H9K. The predicted octanol–water partition coefficient (Wildman–Crippen LogP) is 2.19. The molecule has 50 valence electrons. The van der Waals surface area contributed by atoms with Crippen molar-refractivity contribution in [3.63, 3.8) is 0 Å². The zero-order valence-corrected chi connectivity index (χ0v) is 5.62. The van der Waals surface area contributed by atoms with Gasteiger partial charge in [-0.1, -0.05) is 48.5 Å². The van der Waals surface area contributed by atoms with Gasteiger partial charge in [0.25, 0.3) is 0 Å². The van der Waals surface area contributed by atoms with Gasteiger partial charge in [-0.2, -0.15) is 0 Å². The third-order valence-corrected chi connectivity index (χ3v) is 1.66. The molecule has 0 amide bonds. The van der Waals surface area contributed by atoms with E-state index in [4.69, 9.17) is 0 Å². The van der Waals surface area contributed by atoms with Crippen LogP contribution in [0.15, 0.2) is 48.5 Å². The Hall–Kier alpha value is 0.336. The van der Waals surface area contributed by atoms with E-state index < -0.39 is 0 Å². The number of hydrogen-bond acceptors (Lipinski definition) is 0. The van der Waals surface area contributed by atoms with E-state index in [0.717, 1.165) is 0 Å². The Labute approximate surface area is 109 Å². The molecule has 1 heteroatoms. The normalized spacial score (nSPS) is 9.09. The van der Waals surface area contributed by atoms with Gasteiger partial charge in [0, 0.05) is 0 Å². The van der Waals surface area contributed by atoms with E-state index in [1.165, 1.54) is 10.8 Å². The molecule has 0 saturated heterocycles. The van der Waals surface area contributed by atoms with E-state index in [2.05, 4.69) is 48.5 Å². The van der Waals surface area contributed by atoms with E-state index in [0.29, 0.717) is 0 Å². The van der Waals surface area contributed by atoms with Gasteiger partial charge in [0.1, 0.15) is 0 Å². The average molecular weight is 168 g/mol. The molecule has 0 spiro atoms. The largest absolute Gasteiger partial charge is 0.0616 e. The van der Waals surface area contributed by atoms with Gasteiger partial charge in [0.2, 0.25) is 0 Å². The SMILES string of the molecule is [KH].c1ccc2ccccc2c1. The van der Waals surface area contributed by atoms with E-state index >= 15 is 0 Å². The van der Waals surface area contributed by atoms with E-state index in [9.17, 15) is 0 Å². The summed E-state index contributed by atoms with van der Waals surface area (Å²) in [5.41, 5.74) is 0. The summed E-state index contributed by atoms with van der Waals surface area (Å²) in [5, 5.41) is 2.62. The number of benzene rings is 2. The van der Waals surface area contributed by atoms with Gasteiger partial charge < -0.3 is 0 Å². The molecule has 2 aromatic carbocycles. The van der Waals surface area contributed by atoms with Crippen molar-refractivity contribution in [3.05, 3.63) is 48.5 Å². The third kappa shape index (κ3) is 2.14. The quantitative estimate of drug-likeness (QED) is 0.529. The average Bonchev–Trinajstić information content (AvgIpc) is 2.05. The molecule has 0 N–H and O–H groups in total. The molecule has 11 heavy (non-hydrogen) atoms. The molecule has 2 aromatic rings. The van der Waals surface area contributed by atoms with Crippen LogP contribution in [0.5, 0.6) is 0 Å². The van der Waals surface area contributed by atoms with Crippen LogP contribution in [0.2, 0.25) is 0 Å². The smallest absolute Gasteiger partial charge is 0.0184 e. The molecule has 0 fully saturated rings. The first-order chi connectivity index (χ1) is 4.97. The molecule has 0 bridgehead atoms.